The zero-order valence-corrected chi connectivity index (χ0v) is 11.6. The van der Waals surface area contributed by atoms with Gasteiger partial charge < -0.3 is 10.6 Å². The van der Waals surface area contributed by atoms with Crippen LogP contribution in [-0.4, -0.2) is 28.8 Å². The molecule has 0 saturated carbocycles. The van der Waals surface area contributed by atoms with Gasteiger partial charge in [-0.3, -0.25) is 4.21 Å². The van der Waals surface area contributed by atoms with Gasteiger partial charge in [-0.15, -0.1) is 0 Å². The average Bonchev–Trinajstić information content (AvgIpc) is 2.33. The van der Waals surface area contributed by atoms with Crippen molar-refractivity contribution in [2.24, 2.45) is 5.73 Å². The minimum Gasteiger partial charge on any atom is -0.369 e. The largest absolute Gasteiger partial charge is 0.369 e. The normalized spacial score (nSPS) is 19.0. The third-order valence-corrected chi connectivity index (χ3v) is 4.59. The molecule has 1 fully saturated rings. The van der Waals surface area contributed by atoms with Gasteiger partial charge in [-0.1, -0.05) is 0 Å². The maximum absolute atomic E-state index is 13.6. The average molecular weight is 270 g/mol. The highest BCUT2D eigenvalue weighted by Crippen LogP contribution is 2.29. The van der Waals surface area contributed by atoms with Crippen molar-refractivity contribution in [3.8, 4) is 0 Å². The van der Waals surface area contributed by atoms with Crippen LogP contribution in [0.4, 0.5) is 10.1 Å². The third-order valence-electron chi connectivity index (χ3n) is 3.32. The van der Waals surface area contributed by atoms with Gasteiger partial charge in [0.15, 0.2) is 0 Å². The van der Waals surface area contributed by atoms with Gasteiger partial charge in [0.1, 0.15) is 5.82 Å². The molecule has 18 heavy (non-hydrogen) atoms. The molecular formula is C13H19FN2OS. The maximum atomic E-state index is 13.6. The number of benzene rings is 1. The lowest BCUT2D eigenvalue weighted by molar-refractivity contribution is 0.612. The lowest BCUT2D eigenvalue weighted by Gasteiger charge is -2.31. The number of nitrogens with zero attached hydrogens (tertiary/aromatic N) is 1. The van der Waals surface area contributed by atoms with Gasteiger partial charge in [-0.25, -0.2) is 4.39 Å². The van der Waals surface area contributed by atoms with Crippen LogP contribution in [0.5, 0.6) is 0 Å². The lowest BCUT2D eigenvalue weighted by atomic mass is 10.0. The molecule has 1 aliphatic rings. The summed E-state index contributed by atoms with van der Waals surface area (Å²) in [5.41, 5.74) is 8.35. The monoisotopic (exact) mass is 270 g/mol. The zero-order valence-electron chi connectivity index (χ0n) is 10.8. The summed E-state index contributed by atoms with van der Waals surface area (Å²) in [5, 5.41) is 0. The molecule has 0 spiro atoms. The van der Waals surface area contributed by atoms with Crippen LogP contribution in [0.2, 0.25) is 0 Å². The molecule has 1 aromatic carbocycles. The van der Waals surface area contributed by atoms with E-state index in [1.807, 2.05) is 13.0 Å². The molecule has 1 heterocycles. The Morgan fingerprint density at radius 2 is 2.00 bits per heavy atom. The molecule has 2 rings (SSSR count). The van der Waals surface area contributed by atoms with Crippen molar-refractivity contribution in [1.29, 1.82) is 0 Å². The van der Waals surface area contributed by atoms with Gasteiger partial charge in [-0.05, 0) is 37.1 Å². The Kier molecular flexibility index (Phi) is 4.02. The molecule has 0 bridgehead atoms. The molecule has 1 aliphatic heterocycles. The summed E-state index contributed by atoms with van der Waals surface area (Å²) in [6.07, 6.45) is 0. The van der Waals surface area contributed by atoms with Crippen LogP contribution >= 0.6 is 0 Å². The quantitative estimate of drug-likeness (QED) is 0.890. The fraction of sp³-hybridized carbons (Fsp3) is 0.538. The van der Waals surface area contributed by atoms with Gasteiger partial charge in [0.05, 0.1) is 0 Å². The molecule has 1 saturated heterocycles. The third kappa shape index (κ3) is 2.72. The van der Waals surface area contributed by atoms with Crippen LogP contribution in [0.3, 0.4) is 0 Å². The van der Waals surface area contributed by atoms with Gasteiger partial charge in [0.2, 0.25) is 0 Å². The van der Waals surface area contributed by atoms with Crippen LogP contribution in [0.15, 0.2) is 12.1 Å². The first-order valence-electron chi connectivity index (χ1n) is 6.14. The summed E-state index contributed by atoms with van der Waals surface area (Å²) in [4.78, 5) is 2.16. The first-order chi connectivity index (χ1) is 8.49. The van der Waals surface area contributed by atoms with Crippen molar-refractivity contribution in [3.05, 3.63) is 29.1 Å². The highest BCUT2D eigenvalue weighted by Gasteiger charge is 2.20. The second-order valence-electron chi connectivity index (χ2n) is 4.78. The summed E-state index contributed by atoms with van der Waals surface area (Å²) >= 11 is 0. The fourth-order valence-electron chi connectivity index (χ4n) is 2.20. The van der Waals surface area contributed by atoms with Crippen LogP contribution < -0.4 is 10.6 Å². The second kappa shape index (κ2) is 5.36. The van der Waals surface area contributed by atoms with Gasteiger partial charge >= 0.3 is 0 Å². The van der Waals surface area contributed by atoms with E-state index in [0.29, 0.717) is 17.1 Å². The van der Waals surface area contributed by atoms with Crippen LogP contribution in [0.1, 0.15) is 24.1 Å². The van der Waals surface area contributed by atoms with E-state index in [2.05, 4.69) is 4.90 Å². The zero-order chi connectivity index (χ0) is 13.3. The Balaban J connectivity index is 2.36. The molecule has 0 aliphatic carbocycles. The van der Waals surface area contributed by atoms with Crippen LogP contribution in [0, 0.1) is 12.7 Å². The van der Waals surface area contributed by atoms with E-state index < -0.39 is 10.8 Å². The minimum atomic E-state index is -0.709. The molecule has 1 atom stereocenters. The molecule has 100 valence electrons. The number of hydrogen-bond acceptors (Lipinski definition) is 3. The van der Waals surface area contributed by atoms with E-state index in [-0.39, 0.29) is 11.9 Å². The second-order valence-corrected chi connectivity index (χ2v) is 6.48. The summed E-state index contributed by atoms with van der Waals surface area (Å²) in [7, 11) is -0.709. The van der Waals surface area contributed by atoms with Crippen molar-refractivity contribution >= 4 is 16.5 Å². The van der Waals surface area contributed by atoms with Gasteiger partial charge in [0.25, 0.3) is 0 Å². The Bertz CT molecular complexity index is 466. The van der Waals surface area contributed by atoms with Crippen molar-refractivity contribution in [2.75, 3.05) is 29.5 Å². The molecule has 1 aromatic rings. The Morgan fingerprint density at radius 1 is 1.39 bits per heavy atom. The van der Waals surface area contributed by atoms with Crippen molar-refractivity contribution < 1.29 is 8.60 Å². The van der Waals surface area contributed by atoms with E-state index >= 15 is 0 Å². The first kappa shape index (κ1) is 13.5. The highest BCUT2D eigenvalue weighted by atomic mass is 32.2. The van der Waals surface area contributed by atoms with Gasteiger partial charge in [-0.2, -0.15) is 0 Å². The summed E-state index contributed by atoms with van der Waals surface area (Å²) in [6, 6.07) is 3.17. The smallest absolute Gasteiger partial charge is 0.126 e. The predicted molar refractivity (Wildman–Crippen MR) is 73.8 cm³/mol. The Morgan fingerprint density at radius 3 is 2.56 bits per heavy atom. The van der Waals surface area contributed by atoms with Gasteiger partial charge in [0, 0.05) is 47.1 Å². The summed E-state index contributed by atoms with van der Waals surface area (Å²) in [6.45, 7) is 5.11. The topological polar surface area (TPSA) is 46.3 Å². The molecule has 2 N–H and O–H groups in total. The van der Waals surface area contributed by atoms with E-state index in [9.17, 15) is 8.60 Å². The highest BCUT2D eigenvalue weighted by molar-refractivity contribution is 7.85. The van der Waals surface area contributed by atoms with E-state index in [1.165, 1.54) is 6.07 Å². The minimum absolute atomic E-state index is 0.206. The van der Waals surface area contributed by atoms with Crippen molar-refractivity contribution in [2.45, 2.75) is 19.9 Å². The van der Waals surface area contributed by atoms with E-state index in [1.54, 1.807) is 6.92 Å². The predicted octanol–water partition coefficient (Wildman–Crippen LogP) is 1.72. The number of anilines is 1. The number of hydrogen-bond donors (Lipinski definition) is 1. The van der Waals surface area contributed by atoms with Crippen LogP contribution in [0.25, 0.3) is 0 Å². The van der Waals surface area contributed by atoms with Crippen molar-refractivity contribution in [3.63, 3.8) is 0 Å². The lowest BCUT2D eigenvalue weighted by Crippen LogP contribution is -2.38. The molecule has 5 heteroatoms. The molecule has 0 aromatic heterocycles. The Labute approximate surface area is 110 Å². The number of nitrogens with two attached hydrogens (primary N) is 1. The maximum Gasteiger partial charge on any atom is 0.126 e. The van der Waals surface area contributed by atoms with Crippen LogP contribution in [-0.2, 0) is 10.8 Å². The molecular weight excluding hydrogens is 251 g/mol. The molecule has 0 radical (unpaired) electrons. The Hall–Kier alpha value is -0.940. The standard InChI is InChI=1S/C13H19FN2OS/c1-9-7-13(11(10(2)15)8-12(9)14)16-3-5-18(17)6-4-16/h7-8,10H,3-6,15H2,1-2H3/t10-/m1/s1. The van der Waals surface area contributed by atoms with Crippen molar-refractivity contribution in [1.82, 2.24) is 0 Å². The summed E-state index contributed by atoms with van der Waals surface area (Å²) in [5.74, 6) is 1.13. The first-order valence-corrected chi connectivity index (χ1v) is 7.63. The SMILES string of the molecule is Cc1cc(N2CCS(=O)CC2)c([C@@H](C)N)cc1F. The van der Waals surface area contributed by atoms with E-state index in [4.69, 9.17) is 5.73 Å². The number of rotatable bonds is 2. The fourth-order valence-corrected chi connectivity index (χ4v) is 3.25. The van der Waals surface area contributed by atoms with E-state index in [0.717, 1.165) is 24.3 Å². The summed E-state index contributed by atoms with van der Waals surface area (Å²) < 4.78 is 25.0. The number of halogens is 1. The molecule has 0 amide bonds. The molecule has 3 nitrogen and oxygen atoms in total. The number of aryl methyl sites for hydroxylation is 1. The molecule has 0 unspecified atom stereocenters.